The molecule has 7 heteroatoms. The molecule has 3 rings (SSSR count). The number of carbonyl (C=O) groups excluding carboxylic acids is 2. The SMILES string of the molecule is COC(=O)C1CCn2c1cc(C)c2C(=O)c1ccc(S(C)(=O)=O)cc1. The standard InChI is InChI=1S/C18H19NO5S/c1-11-10-15-14(18(21)24-2)8-9-19(15)16(11)17(20)12-4-6-13(7-5-12)25(3,22)23/h4-7,10,14H,8-9H2,1-3H3. The van der Waals surface area contributed by atoms with Gasteiger partial charge in [0.25, 0.3) is 0 Å². The van der Waals surface area contributed by atoms with Crippen molar-refractivity contribution in [3.63, 3.8) is 0 Å². The maximum atomic E-state index is 12.9. The van der Waals surface area contributed by atoms with Gasteiger partial charge in [-0.1, -0.05) is 0 Å². The van der Waals surface area contributed by atoms with Crippen molar-refractivity contribution in [2.24, 2.45) is 0 Å². The molecule has 1 unspecified atom stereocenters. The molecule has 0 N–H and O–H groups in total. The summed E-state index contributed by atoms with van der Waals surface area (Å²) in [7, 11) is -1.95. The van der Waals surface area contributed by atoms with Crippen LogP contribution >= 0.6 is 0 Å². The smallest absolute Gasteiger partial charge is 0.314 e. The van der Waals surface area contributed by atoms with Gasteiger partial charge in [-0.05, 0) is 49.2 Å². The number of esters is 1. The Morgan fingerprint density at radius 3 is 2.40 bits per heavy atom. The highest BCUT2D eigenvalue weighted by Crippen LogP contribution is 2.34. The van der Waals surface area contributed by atoms with E-state index in [4.69, 9.17) is 4.74 Å². The maximum Gasteiger partial charge on any atom is 0.314 e. The molecule has 2 heterocycles. The second-order valence-electron chi connectivity index (χ2n) is 6.24. The van der Waals surface area contributed by atoms with Gasteiger partial charge >= 0.3 is 5.97 Å². The van der Waals surface area contributed by atoms with Crippen molar-refractivity contribution in [2.75, 3.05) is 13.4 Å². The third kappa shape index (κ3) is 3.00. The minimum Gasteiger partial charge on any atom is -0.469 e. The summed E-state index contributed by atoms with van der Waals surface area (Å²) in [6.07, 6.45) is 1.73. The molecular formula is C18H19NO5S. The van der Waals surface area contributed by atoms with E-state index < -0.39 is 9.84 Å². The van der Waals surface area contributed by atoms with E-state index in [1.165, 1.54) is 31.4 Å². The zero-order chi connectivity index (χ0) is 18.4. The number of ketones is 1. The van der Waals surface area contributed by atoms with Gasteiger partial charge in [0, 0.05) is 24.1 Å². The molecule has 0 spiro atoms. The Morgan fingerprint density at radius 2 is 1.84 bits per heavy atom. The first-order chi connectivity index (χ1) is 11.7. The Balaban J connectivity index is 1.98. The van der Waals surface area contributed by atoms with Crippen molar-refractivity contribution in [3.05, 3.63) is 52.8 Å². The lowest BCUT2D eigenvalue weighted by molar-refractivity contribution is -0.142. The molecule has 2 aromatic rings. The molecule has 0 saturated carbocycles. The van der Waals surface area contributed by atoms with E-state index in [1.54, 1.807) is 0 Å². The second kappa shape index (κ2) is 6.15. The average Bonchev–Trinajstić information content (AvgIpc) is 3.10. The summed E-state index contributed by atoms with van der Waals surface area (Å²) >= 11 is 0. The molecule has 0 saturated heterocycles. The lowest BCUT2D eigenvalue weighted by atomic mass is 10.0. The average molecular weight is 361 g/mol. The van der Waals surface area contributed by atoms with Crippen LogP contribution in [0.3, 0.4) is 0 Å². The number of ether oxygens (including phenoxy) is 1. The summed E-state index contributed by atoms with van der Waals surface area (Å²) in [4.78, 5) is 25.0. The number of carbonyl (C=O) groups is 2. The molecule has 1 aromatic heterocycles. The van der Waals surface area contributed by atoms with Crippen LogP contribution in [0.5, 0.6) is 0 Å². The van der Waals surface area contributed by atoms with Crippen molar-refractivity contribution in [1.29, 1.82) is 0 Å². The van der Waals surface area contributed by atoms with E-state index in [1.807, 2.05) is 17.6 Å². The Bertz CT molecular complexity index is 954. The van der Waals surface area contributed by atoms with Crippen molar-refractivity contribution >= 4 is 21.6 Å². The summed E-state index contributed by atoms with van der Waals surface area (Å²) in [6, 6.07) is 7.76. The number of hydrogen-bond donors (Lipinski definition) is 0. The van der Waals surface area contributed by atoms with Gasteiger partial charge in [0.15, 0.2) is 9.84 Å². The maximum absolute atomic E-state index is 12.9. The van der Waals surface area contributed by atoms with E-state index in [9.17, 15) is 18.0 Å². The van der Waals surface area contributed by atoms with Crippen LogP contribution in [-0.2, 0) is 25.9 Å². The first kappa shape index (κ1) is 17.4. The number of aromatic nitrogens is 1. The Labute approximate surface area is 146 Å². The molecule has 1 aliphatic heterocycles. The molecule has 0 bridgehead atoms. The Morgan fingerprint density at radius 1 is 1.20 bits per heavy atom. The van der Waals surface area contributed by atoms with E-state index in [0.717, 1.165) is 17.5 Å². The van der Waals surface area contributed by atoms with Crippen LogP contribution in [0.25, 0.3) is 0 Å². The molecule has 6 nitrogen and oxygen atoms in total. The Hall–Kier alpha value is -2.41. The van der Waals surface area contributed by atoms with E-state index >= 15 is 0 Å². The van der Waals surface area contributed by atoms with Crippen LogP contribution in [0, 0.1) is 6.92 Å². The lowest BCUT2D eigenvalue weighted by Crippen LogP contribution is -2.12. The van der Waals surface area contributed by atoms with Gasteiger partial charge in [-0.25, -0.2) is 8.42 Å². The molecule has 0 aliphatic carbocycles. The summed E-state index contributed by atoms with van der Waals surface area (Å²) in [5.41, 5.74) is 2.53. The van der Waals surface area contributed by atoms with E-state index in [2.05, 4.69) is 0 Å². The fourth-order valence-corrected chi connectivity index (χ4v) is 3.95. The summed E-state index contributed by atoms with van der Waals surface area (Å²) in [6.45, 7) is 2.41. The monoisotopic (exact) mass is 361 g/mol. The van der Waals surface area contributed by atoms with Crippen LogP contribution in [-0.4, -0.2) is 38.1 Å². The largest absolute Gasteiger partial charge is 0.469 e. The number of hydrogen-bond acceptors (Lipinski definition) is 5. The summed E-state index contributed by atoms with van der Waals surface area (Å²) in [5, 5.41) is 0. The number of methoxy groups -OCH3 is 1. The number of aryl methyl sites for hydroxylation is 1. The van der Waals surface area contributed by atoms with Crippen LogP contribution in [0.2, 0.25) is 0 Å². The first-order valence-corrected chi connectivity index (χ1v) is 9.76. The van der Waals surface area contributed by atoms with Gasteiger partial charge < -0.3 is 9.30 Å². The van der Waals surface area contributed by atoms with Gasteiger partial charge in [-0.3, -0.25) is 9.59 Å². The molecule has 0 fully saturated rings. The number of rotatable bonds is 4. The molecule has 132 valence electrons. The van der Waals surface area contributed by atoms with Crippen LogP contribution in [0.1, 0.15) is 39.6 Å². The normalized spacial score (nSPS) is 16.5. The zero-order valence-electron chi connectivity index (χ0n) is 14.3. The highest BCUT2D eigenvalue weighted by molar-refractivity contribution is 7.90. The van der Waals surface area contributed by atoms with Gasteiger partial charge in [0.2, 0.25) is 5.78 Å². The predicted molar refractivity (Wildman–Crippen MR) is 91.5 cm³/mol. The predicted octanol–water partition coefficient (Wildman–Crippen LogP) is 2.09. The number of fused-ring (bicyclic) bond motifs is 1. The first-order valence-electron chi connectivity index (χ1n) is 7.86. The van der Waals surface area contributed by atoms with Gasteiger partial charge in [-0.2, -0.15) is 0 Å². The van der Waals surface area contributed by atoms with Gasteiger partial charge in [0.05, 0.1) is 23.6 Å². The molecule has 1 aliphatic rings. The summed E-state index contributed by atoms with van der Waals surface area (Å²) in [5.74, 6) is -0.833. The minimum atomic E-state index is -3.30. The highest BCUT2D eigenvalue weighted by atomic mass is 32.2. The molecule has 0 amide bonds. The number of nitrogens with zero attached hydrogens (tertiary/aromatic N) is 1. The topological polar surface area (TPSA) is 82.4 Å². The van der Waals surface area contributed by atoms with Crippen molar-refractivity contribution in [1.82, 2.24) is 4.57 Å². The van der Waals surface area contributed by atoms with Crippen LogP contribution in [0.4, 0.5) is 0 Å². The minimum absolute atomic E-state index is 0.173. The fourth-order valence-electron chi connectivity index (χ4n) is 3.32. The molecular weight excluding hydrogens is 342 g/mol. The van der Waals surface area contributed by atoms with Crippen LogP contribution < -0.4 is 0 Å². The molecule has 25 heavy (non-hydrogen) atoms. The molecule has 1 aromatic carbocycles. The molecule has 0 radical (unpaired) electrons. The van der Waals surface area contributed by atoms with E-state index in [-0.39, 0.29) is 22.6 Å². The van der Waals surface area contributed by atoms with Gasteiger partial charge in [0.1, 0.15) is 0 Å². The van der Waals surface area contributed by atoms with Gasteiger partial charge in [-0.15, -0.1) is 0 Å². The summed E-state index contributed by atoms with van der Waals surface area (Å²) < 4.78 is 29.8. The van der Waals surface area contributed by atoms with Crippen molar-refractivity contribution in [2.45, 2.75) is 30.7 Å². The van der Waals surface area contributed by atoms with Crippen LogP contribution in [0.15, 0.2) is 35.2 Å². The zero-order valence-corrected chi connectivity index (χ0v) is 15.1. The fraction of sp³-hybridized carbons (Fsp3) is 0.333. The number of sulfone groups is 1. The lowest BCUT2D eigenvalue weighted by Gasteiger charge is -2.08. The van der Waals surface area contributed by atoms with Crippen molar-refractivity contribution in [3.8, 4) is 0 Å². The quantitative estimate of drug-likeness (QED) is 0.615. The van der Waals surface area contributed by atoms with Crippen molar-refractivity contribution < 1.29 is 22.7 Å². The third-order valence-corrected chi connectivity index (χ3v) is 5.69. The third-order valence-electron chi connectivity index (χ3n) is 4.56. The second-order valence-corrected chi connectivity index (χ2v) is 8.26. The Kier molecular flexibility index (Phi) is 4.28. The van der Waals surface area contributed by atoms with E-state index in [0.29, 0.717) is 24.2 Å². The molecule has 1 atom stereocenters. The highest BCUT2D eigenvalue weighted by Gasteiger charge is 2.34. The number of benzene rings is 1.